The average molecular weight is 274 g/mol. The van der Waals surface area contributed by atoms with Gasteiger partial charge in [0, 0.05) is 5.56 Å². The first kappa shape index (κ1) is 16.4. The lowest BCUT2D eigenvalue weighted by atomic mass is 10.0. The Morgan fingerprint density at radius 3 is 2.61 bits per heavy atom. The standard InChI is InChI=1S/C12H16FN3O.ClH/c1-7(2)5-9-6-8(3-4-10(9)13)11(17)16-12(14)15;/h3-4,6-7H,5H2,1-2H3,(H4,14,15,16,17);1H. The quantitative estimate of drug-likeness (QED) is 0.582. The molecule has 1 amide bonds. The second-order valence-corrected chi connectivity index (χ2v) is 4.27. The monoisotopic (exact) mass is 273 g/mol. The third-order valence-corrected chi connectivity index (χ3v) is 2.18. The molecule has 0 atom stereocenters. The highest BCUT2D eigenvalue weighted by Crippen LogP contribution is 2.15. The molecule has 6 heteroatoms. The van der Waals surface area contributed by atoms with Crippen LogP contribution in [0.4, 0.5) is 4.39 Å². The van der Waals surface area contributed by atoms with Gasteiger partial charge in [-0.15, -0.1) is 12.4 Å². The molecule has 0 aliphatic carbocycles. The first-order valence-electron chi connectivity index (χ1n) is 5.34. The van der Waals surface area contributed by atoms with E-state index < -0.39 is 11.9 Å². The summed E-state index contributed by atoms with van der Waals surface area (Å²) in [7, 11) is 0. The summed E-state index contributed by atoms with van der Waals surface area (Å²) in [5, 5.41) is 9.11. The van der Waals surface area contributed by atoms with E-state index in [0.717, 1.165) is 0 Å². The number of halogens is 2. The van der Waals surface area contributed by atoms with Gasteiger partial charge in [-0.3, -0.25) is 15.5 Å². The summed E-state index contributed by atoms with van der Waals surface area (Å²) in [6.07, 6.45) is 0.563. The molecule has 0 aliphatic heterocycles. The third kappa shape index (κ3) is 4.71. The molecule has 0 radical (unpaired) electrons. The van der Waals surface area contributed by atoms with Crippen LogP contribution < -0.4 is 11.1 Å². The molecule has 0 bridgehead atoms. The Morgan fingerprint density at radius 2 is 2.11 bits per heavy atom. The second kappa shape index (κ2) is 6.96. The summed E-state index contributed by atoms with van der Waals surface area (Å²) in [4.78, 5) is 11.6. The summed E-state index contributed by atoms with van der Waals surface area (Å²) in [5.74, 6) is -0.944. The van der Waals surface area contributed by atoms with E-state index in [4.69, 9.17) is 11.1 Å². The zero-order valence-electron chi connectivity index (χ0n) is 10.3. The van der Waals surface area contributed by atoms with Gasteiger partial charge in [-0.1, -0.05) is 13.8 Å². The van der Waals surface area contributed by atoms with Gasteiger partial charge in [0.1, 0.15) is 5.82 Å². The Labute approximate surface area is 112 Å². The number of nitrogens with one attached hydrogen (secondary N) is 2. The largest absolute Gasteiger partial charge is 0.370 e. The molecule has 1 aromatic carbocycles. The van der Waals surface area contributed by atoms with Crippen LogP contribution in [-0.2, 0) is 6.42 Å². The fraction of sp³-hybridized carbons (Fsp3) is 0.333. The van der Waals surface area contributed by atoms with Crippen molar-refractivity contribution in [3.63, 3.8) is 0 Å². The van der Waals surface area contributed by atoms with Gasteiger partial charge in [0.25, 0.3) is 5.91 Å². The van der Waals surface area contributed by atoms with Crippen LogP contribution in [0.2, 0.25) is 0 Å². The van der Waals surface area contributed by atoms with Gasteiger partial charge < -0.3 is 5.73 Å². The number of hydrogen-bond acceptors (Lipinski definition) is 2. The van der Waals surface area contributed by atoms with Crippen molar-refractivity contribution in [3.05, 3.63) is 35.1 Å². The van der Waals surface area contributed by atoms with E-state index in [-0.39, 0.29) is 18.2 Å². The van der Waals surface area contributed by atoms with Gasteiger partial charge >= 0.3 is 0 Å². The summed E-state index contributed by atoms with van der Waals surface area (Å²) in [5.41, 5.74) is 5.86. The van der Waals surface area contributed by atoms with Crippen molar-refractivity contribution in [2.24, 2.45) is 11.7 Å². The van der Waals surface area contributed by atoms with Gasteiger partial charge in [0.05, 0.1) is 0 Å². The van der Waals surface area contributed by atoms with E-state index in [9.17, 15) is 9.18 Å². The fourth-order valence-corrected chi connectivity index (χ4v) is 1.51. The Balaban J connectivity index is 0.00000289. The molecule has 0 heterocycles. The molecule has 100 valence electrons. The first-order valence-corrected chi connectivity index (χ1v) is 5.34. The topological polar surface area (TPSA) is 79.0 Å². The minimum absolute atomic E-state index is 0. The molecule has 0 aromatic heterocycles. The van der Waals surface area contributed by atoms with Crippen LogP contribution >= 0.6 is 12.4 Å². The molecule has 18 heavy (non-hydrogen) atoms. The highest BCUT2D eigenvalue weighted by Gasteiger charge is 2.11. The van der Waals surface area contributed by atoms with Crippen molar-refractivity contribution in [1.29, 1.82) is 5.41 Å². The normalized spacial score (nSPS) is 9.78. The number of nitrogens with two attached hydrogens (primary N) is 1. The van der Waals surface area contributed by atoms with Crippen LogP contribution in [0.3, 0.4) is 0 Å². The number of carbonyl (C=O) groups is 1. The summed E-state index contributed by atoms with van der Waals surface area (Å²) >= 11 is 0. The number of hydrogen-bond donors (Lipinski definition) is 3. The van der Waals surface area contributed by atoms with Crippen LogP contribution in [0, 0.1) is 17.1 Å². The van der Waals surface area contributed by atoms with Gasteiger partial charge in [0.2, 0.25) is 0 Å². The van der Waals surface area contributed by atoms with Gasteiger partial charge in [-0.25, -0.2) is 4.39 Å². The first-order chi connectivity index (χ1) is 7.90. The molecule has 1 aromatic rings. The smallest absolute Gasteiger partial charge is 0.257 e. The summed E-state index contributed by atoms with van der Waals surface area (Å²) < 4.78 is 13.5. The summed E-state index contributed by atoms with van der Waals surface area (Å²) in [6.45, 7) is 3.95. The van der Waals surface area contributed by atoms with Crippen molar-refractivity contribution < 1.29 is 9.18 Å². The molecule has 0 fully saturated rings. The van der Waals surface area contributed by atoms with Crippen molar-refractivity contribution >= 4 is 24.3 Å². The second-order valence-electron chi connectivity index (χ2n) is 4.27. The molecule has 0 saturated heterocycles. The lowest BCUT2D eigenvalue weighted by Gasteiger charge is -2.09. The molecule has 0 unspecified atom stereocenters. The maximum Gasteiger partial charge on any atom is 0.257 e. The number of carbonyl (C=O) groups excluding carboxylic acids is 1. The van der Waals surface area contributed by atoms with E-state index in [0.29, 0.717) is 23.5 Å². The lowest BCUT2D eigenvalue weighted by Crippen LogP contribution is -2.35. The van der Waals surface area contributed by atoms with E-state index in [2.05, 4.69) is 5.32 Å². The maximum absolute atomic E-state index is 13.5. The number of rotatable bonds is 3. The molecule has 0 spiro atoms. The van der Waals surface area contributed by atoms with Crippen LogP contribution in [0.25, 0.3) is 0 Å². The van der Waals surface area contributed by atoms with Gasteiger partial charge in [0.15, 0.2) is 5.96 Å². The molecular formula is C12H17ClFN3O. The Morgan fingerprint density at radius 1 is 1.50 bits per heavy atom. The van der Waals surface area contributed by atoms with Crippen LogP contribution in [0.1, 0.15) is 29.8 Å². The lowest BCUT2D eigenvalue weighted by molar-refractivity contribution is 0.0976. The van der Waals surface area contributed by atoms with Crippen molar-refractivity contribution in [3.8, 4) is 0 Å². The number of benzene rings is 1. The SMILES string of the molecule is CC(C)Cc1cc(C(=O)NC(=N)N)ccc1F.Cl. The van der Waals surface area contributed by atoms with E-state index >= 15 is 0 Å². The van der Waals surface area contributed by atoms with E-state index in [1.165, 1.54) is 18.2 Å². The third-order valence-electron chi connectivity index (χ3n) is 2.18. The Bertz CT molecular complexity index is 449. The summed E-state index contributed by atoms with van der Waals surface area (Å²) in [6, 6.07) is 4.12. The molecule has 0 saturated carbocycles. The highest BCUT2D eigenvalue weighted by molar-refractivity contribution is 6.04. The molecule has 0 aliphatic rings. The molecule has 4 nitrogen and oxygen atoms in total. The minimum atomic E-state index is -0.498. The van der Waals surface area contributed by atoms with Gasteiger partial charge in [-0.05, 0) is 36.1 Å². The highest BCUT2D eigenvalue weighted by atomic mass is 35.5. The Hall–Kier alpha value is -1.62. The maximum atomic E-state index is 13.5. The molecule has 1 rings (SSSR count). The van der Waals surface area contributed by atoms with Crippen molar-refractivity contribution in [2.45, 2.75) is 20.3 Å². The van der Waals surface area contributed by atoms with Crippen LogP contribution in [-0.4, -0.2) is 11.9 Å². The molecule has 4 N–H and O–H groups in total. The van der Waals surface area contributed by atoms with Crippen LogP contribution in [0.5, 0.6) is 0 Å². The predicted molar refractivity (Wildman–Crippen MR) is 71.6 cm³/mol. The fourth-order valence-electron chi connectivity index (χ4n) is 1.51. The van der Waals surface area contributed by atoms with Crippen molar-refractivity contribution in [2.75, 3.05) is 0 Å². The van der Waals surface area contributed by atoms with E-state index in [1.807, 2.05) is 13.8 Å². The number of guanidine groups is 1. The van der Waals surface area contributed by atoms with Crippen molar-refractivity contribution in [1.82, 2.24) is 5.32 Å². The molecular weight excluding hydrogens is 257 g/mol. The predicted octanol–water partition coefficient (Wildman–Crippen LogP) is 2.07. The zero-order chi connectivity index (χ0) is 13.0. The van der Waals surface area contributed by atoms with E-state index in [1.54, 1.807) is 0 Å². The zero-order valence-corrected chi connectivity index (χ0v) is 11.1. The van der Waals surface area contributed by atoms with Gasteiger partial charge in [-0.2, -0.15) is 0 Å². The Kier molecular flexibility index (Phi) is 6.33. The average Bonchev–Trinajstić information content (AvgIpc) is 2.19. The minimum Gasteiger partial charge on any atom is -0.370 e. The van der Waals surface area contributed by atoms with Crippen LogP contribution in [0.15, 0.2) is 18.2 Å². The number of amides is 1.